The molecule has 0 aliphatic carbocycles. The van der Waals surface area contributed by atoms with Crippen molar-refractivity contribution < 1.29 is 14.3 Å². The number of fused-ring (bicyclic) bond motifs is 1. The number of rotatable bonds is 4. The fourth-order valence-electron chi connectivity index (χ4n) is 2.98. The number of amides is 2. The summed E-state index contributed by atoms with van der Waals surface area (Å²) in [5, 5.41) is 3.44. The molecule has 0 radical (unpaired) electrons. The van der Waals surface area contributed by atoms with Crippen molar-refractivity contribution in [2.75, 3.05) is 23.4 Å². The molecule has 0 unspecified atom stereocenters. The Kier molecular flexibility index (Phi) is 4.56. The molecule has 2 aromatic carbocycles. The van der Waals surface area contributed by atoms with Crippen LogP contribution in [0.1, 0.15) is 0 Å². The first-order chi connectivity index (χ1) is 13.1. The van der Waals surface area contributed by atoms with Crippen LogP contribution in [0, 0.1) is 0 Å². The Morgan fingerprint density at radius 1 is 1.07 bits per heavy atom. The zero-order valence-corrected chi connectivity index (χ0v) is 15.0. The van der Waals surface area contributed by atoms with E-state index in [0.717, 1.165) is 5.69 Å². The maximum Gasteiger partial charge on any atom is 0.265 e. The molecule has 0 bridgehead atoms. The number of nitrogens with zero attached hydrogens (tertiary/aromatic N) is 2. The van der Waals surface area contributed by atoms with Gasteiger partial charge in [0.2, 0.25) is 5.91 Å². The van der Waals surface area contributed by atoms with Gasteiger partial charge in [-0.05, 0) is 42.5 Å². The summed E-state index contributed by atoms with van der Waals surface area (Å²) in [4.78, 5) is 26.3. The molecule has 4 rings (SSSR count). The largest absolute Gasteiger partial charge is 0.482 e. The number of hydrogen-bond acceptors (Lipinski definition) is 3. The summed E-state index contributed by atoms with van der Waals surface area (Å²) in [5.74, 6) is 0.0193. The molecule has 0 saturated carbocycles. The minimum atomic E-state index is -0.309. The third kappa shape index (κ3) is 3.52. The van der Waals surface area contributed by atoms with Crippen LogP contribution in [0.2, 0.25) is 5.02 Å². The second-order valence-corrected chi connectivity index (χ2v) is 6.47. The highest BCUT2D eigenvalue weighted by molar-refractivity contribution is 6.31. The Hall–Kier alpha value is -3.25. The Morgan fingerprint density at radius 3 is 2.67 bits per heavy atom. The molecule has 6 nitrogen and oxygen atoms in total. The maximum absolute atomic E-state index is 12.7. The van der Waals surface area contributed by atoms with Gasteiger partial charge in [0, 0.05) is 17.4 Å². The molecular formula is C20H16ClN3O3. The molecule has 0 atom stereocenters. The number of aromatic nitrogens is 1. The van der Waals surface area contributed by atoms with Crippen LogP contribution in [-0.2, 0) is 9.59 Å². The van der Waals surface area contributed by atoms with Crippen molar-refractivity contribution in [2.24, 2.45) is 0 Å². The minimum Gasteiger partial charge on any atom is -0.482 e. The van der Waals surface area contributed by atoms with Gasteiger partial charge >= 0.3 is 0 Å². The summed E-state index contributed by atoms with van der Waals surface area (Å²) in [6, 6.07) is 16.1. The molecule has 1 aliphatic heterocycles. The highest BCUT2D eigenvalue weighted by atomic mass is 35.5. The molecule has 2 heterocycles. The Morgan fingerprint density at radius 2 is 1.85 bits per heavy atom. The van der Waals surface area contributed by atoms with Gasteiger partial charge < -0.3 is 14.6 Å². The van der Waals surface area contributed by atoms with Crippen molar-refractivity contribution in [1.29, 1.82) is 0 Å². The average Bonchev–Trinajstić information content (AvgIpc) is 3.20. The summed E-state index contributed by atoms with van der Waals surface area (Å²) in [5.41, 5.74) is 1.94. The van der Waals surface area contributed by atoms with Crippen LogP contribution in [-0.4, -0.2) is 29.5 Å². The molecule has 27 heavy (non-hydrogen) atoms. The number of nitrogens with one attached hydrogen (secondary N) is 1. The van der Waals surface area contributed by atoms with Crippen LogP contribution >= 0.6 is 11.6 Å². The average molecular weight is 382 g/mol. The summed E-state index contributed by atoms with van der Waals surface area (Å²) in [6.07, 6.45) is 3.73. The highest BCUT2D eigenvalue weighted by Gasteiger charge is 2.27. The summed E-state index contributed by atoms with van der Waals surface area (Å²) in [7, 11) is 0. The molecule has 2 amide bonds. The van der Waals surface area contributed by atoms with E-state index in [-0.39, 0.29) is 25.0 Å². The zero-order valence-electron chi connectivity index (χ0n) is 14.3. The second-order valence-electron chi connectivity index (χ2n) is 6.04. The summed E-state index contributed by atoms with van der Waals surface area (Å²) < 4.78 is 7.26. The Bertz CT molecular complexity index is 1000. The molecule has 7 heteroatoms. The molecule has 136 valence electrons. The first-order valence-corrected chi connectivity index (χ1v) is 8.74. The number of ether oxygens (including phenoxy) is 1. The van der Waals surface area contributed by atoms with Crippen LogP contribution in [0.15, 0.2) is 67.0 Å². The lowest BCUT2D eigenvalue weighted by atomic mass is 10.2. The van der Waals surface area contributed by atoms with Gasteiger partial charge in [-0.25, -0.2) is 0 Å². The minimum absolute atomic E-state index is 0.0835. The van der Waals surface area contributed by atoms with Crippen LogP contribution in [0.5, 0.6) is 5.75 Å². The second kappa shape index (κ2) is 7.17. The third-order valence-electron chi connectivity index (χ3n) is 4.23. The zero-order chi connectivity index (χ0) is 18.8. The van der Waals surface area contributed by atoms with E-state index >= 15 is 0 Å². The maximum atomic E-state index is 12.7. The smallest absolute Gasteiger partial charge is 0.265 e. The van der Waals surface area contributed by atoms with Gasteiger partial charge in [-0.2, -0.15) is 0 Å². The summed E-state index contributed by atoms with van der Waals surface area (Å²) >= 11 is 6.11. The van der Waals surface area contributed by atoms with E-state index in [4.69, 9.17) is 16.3 Å². The van der Waals surface area contributed by atoms with Crippen molar-refractivity contribution in [3.05, 3.63) is 72.0 Å². The fourth-order valence-corrected chi connectivity index (χ4v) is 3.15. The van der Waals surface area contributed by atoms with Crippen LogP contribution in [0.25, 0.3) is 5.69 Å². The van der Waals surface area contributed by atoms with Gasteiger partial charge in [0.25, 0.3) is 5.91 Å². The van der Waals surface area contributed by atoms with Crippen molar-refractivity contribution >= 4 is 34.8 Å². The van der Waals surface area contributed by atoms with Gasteiger partial charge in [0.15, 0.2) is 6.61 Å². The number of hydrogen-bond donors (Lipinski definition) is 1. The van der Waals surface area contributed by atoms with Gasteiger partial charge in [-0.15, -0.1) is 0 Å². The normalized spacial score (nSPS) is 13.1. The lowest BCUT2D eigenvalue weighted by Gasteiger charge is -2.28. The number of anilines is 2. The number of halogens is 1. The Labute approximate surface area is 160 Å². The number of carbonyl (C=O) groups is 2. The first kappa shape index (κ1) is 17.2. The van der Waals surface area contributed by atoms with E-state index in [2.05, 4.69) is 5.32 Å². The highest BCUT2D eigenvalue weighted by Crippen LogP contribution is 2.31. The number of para-hydroxylation sites is 2. The van der Waals surface area contributed by atoms with Gasteiger partial charge in [0.1, 0.15) is 12.3 Å². The molecule has 0 spiro atoms. The van der Waals surface area contributed by atoms with Crippen molar-refractivity contribution in [3.8, 4) is 11.4 Å². The van der Waals surface area contributed by atoms with Crippen LogP contribution < -0.4 is 15.0 Å². The quantitative estimate of drug-likeness (QED) is 0.752. The van der Waals surface area contributed by atoms with Crippen molar-refractivity contribution in [1.82, 2.24) is 4.57 Å². The molecule has 0 fully saturated rings. The van der Waals surface area contributed by atoms with Crippen LogP contribution in [0.4, 0.5) is 11.4 Å². The van der Waals surface area contributed by atoms with Gasteiger partial charge in [-0.3, -0.25) is 14.5 Å². The topological polar surface area (TPSA) is 63.6 Å². The number of carbonyl (C=O) groups excluding carboxylic acids is 2. The molecule has 1 aromatic heterocycles. The summed E-state index contributed by atoms with van der Waals surface area (Å²) in [6.45, 7) is -0.188. The fraction of sp³-hybridized carbons (Fsp3) is 0.100. The molecule has 0 saturated heterocycles. The predicted octanol–water partition coefficient (Wildman–Crippen LogP) is 3.49. The van der Waals surface area contributed by atoms with E-state index in [1.54, 1.807) is 36.4 Å². The SMILES string of the molecule is O=C(CN1C(=O)COc2ccccc21)Nc1ccc(Cl)cc1-n1cccc1. The lowest BCUT2D eigenvalue weighted by Crippen LogP contribution is -2.43. The molecule has 3 aromatic rings. The van der Waals surface area contributed by atoms with Crippen molar-refractivity contribution in [2.45, 2.75) is 0 Å². The lowest BCUT2D eigenvalue weighted by molar-refractivity contribution is -0.123. The molecule has 1 N–H and O–H groups in total. The third-order valence-corrected chi connectivity index (χ3v) is 4.46. The monoisotopic (exact) mass is 381 g/mol. The Balaban J connectivity index is 1.57. The van der Waals surface area contributed by atoms with Gasteiger partial charge in [-0.1, -0.05) is 23.7 Å². The predicted molar refractivity (Wildman–Crippen MR) is 104 cm³/mol. The van der Waals surface area contributed by atoms with E-state index in [0.29, 0.717) is 22.1 Å². The number of benzene rings is 2. The van der Waals surface area contributed by atoms with E-state index in [1.807, 2.05) is 35.2 Å². The van der Waals surface area contributed by atoms with Crippen LogP contribution in [0.3, 0.4) is 0 Å². The molecular weight excluding hydrogens is 366 g/mol. The standard InChI is InChI=1S/C20H16ClN3O3/c21-14-7-8-15(17(11-14)23-9-3-4-10-23)22-19(25)12-24-16-5-1-2-6-18(16)27-13-20(24)26/h1-11H,12-13H2,(H,22,25). The van der Waals surface area contributed by atoms with E-state index < -0.39 is 0 Å². The van der Waals surface area contributed by atoms with E-state index in [1.165, 1.54) is 4.90 Å². The van der Waals surface area contributed by atoms with Gasteiger partial charge in [0.05, 0.1) is 17.1 Å². The first-order valence-electron chi connectivity index (χ1n) is 8.37. The van der Waals surface area contributed by atoms with Crippen molar-refractivity contribution in [3.63, 3.8) is 0 Å². The van der Waals surface area contributed by atoms with E-state index in [9.17, 15) is 9.59 Å². The molecule has 1 aliphatic rings.